The number of carboxylic acid groups (broad SMARTS) is 1. The molecule has 11 nitrogen and oxygen atoms in total. The second-order valence-electron chi connectivity index (χ2n) is 7.64. The van der Waals surface area contributed by atoms with Crippen molar-refractivity contribution in [2.45, 2.75) is 31.2 Å². The zero-order chi connectivity index (χ0) is 26.7. The van der Waals surface area contributed by atoms with Crippen LogP contribution in [0.2, 0.25) is 0 Å². The summed E-state index contributed by atoms with van der Waals surface area (Å²) in [6.07, 6.45) is -5.11. The van der Waals surface area contributed by atoms with E-state index in [2.05, 4.69) is 31.1 Å². The fourth-order valence-electron chi connectivity index (χ4n) is 3.27. The van der Waals surface area contributed by atoms with Crippen molar-refractivity contribution in [3.05, 3.63) is 35.9 Å². The molecule has 1 aliphatic heterocycles. The van der Waals surface area contributed by atoms with E-state index in [0.717, 1.165) is 36.8 Å². The number of aliphatic carboxylic acids is 1. The lowest BCUT2D eigenvalue weighted by atomic mass is 10.1. The van der Waals surface area contributed by atoms with E-state index in [1.165, 1.54) is 17.6 Å². The lowest BCUT2D eigenvalue weighted by Crippen LogP contribution is -2.39. The quantitative estimate of drug-likeness (QED) is 0.384. The third-order valence-electron chi connectivity index (χ3n) is 4.85. The van der Waals surface area contributed by atoms with Crippen molar-refractivity contribution < 1.29 is 41.0 Å². The summed E-state index contributed by atoms with van der Waals surface area (Å²) in [7, 11) is 1.35. The van der Waals surface area contributed by atoms with Gasteiger partial charge in [0.25, 0.3) is 5.91 Å². The Bertz CT molecular complexity index is 1230. The highest BCUT2D eigenvalue weighted by molar-refractivity contribution is 6.04. The molecule has 4 rings (SSSR count). The van der Waals surface area contributed by atoms with Crippen molar-refractivity contribution in [3.63, 3.8) is 0 Å². The van der Waals surface area contributed by atoms with Crippen LogP contribution in [0.5, 0.6) is 0 Å². The molecule has 36 heavy (non-hydrogen) atoms. The van der Waals surface area contributed by atoms with Crippen LogP contribution in [0.25, 0.3) is 5.52 Å². The first-order chi connectivity index (χ1) is 16.8. The van der Waals surface area contributed by atoms with Crippen molar-refractivity contribution in [2.75, 3.05) is 23.7 Å². The summed E-state index contributed by atoms with van der Waals surface area (Å²) < 4.78 is 73.4. The van der Waals surface area contributed by atoms with E-state index >= 15 is 0 Å². The summed E-state index contributed by atoms with van der Waals surface area (Å²) in [4.78, 5) is 25.8. The first-order valence-corrected chi connectivity index (χ1v) is 10.3. The van der Waals surface area contributed by atoms with Crippen LogP contribution in [0.15, 0.2) is 24.5 Å². The van der Waals surface area contributed by atoms with Gasteiger partial charge in [0.1, 0.15) is 5.69 Å². The number of hydrogen-bond acceptors (Lipinski definition) is 7. The minimum atomic E-state index is -5.08. The maximum Gasteiger partial charge on any atom is 0.490 e. The maximum absolute atomic E-state index is 13.1. The molecule has 0 saturated carbocycles. The van der Waals surface area contributed by atoms with Crippen LogP contribution in [-0.2, 0) is 18.0 Å². The van der Waals surface area contributed by atoms with Crippen LogP contribution in [-0.4, -0.2) is 66.7 Å². The zero-order valence-electron chi connectivity index (χ0n) is 18.5. The van der Waals surface area contributed by atoms with Crippen molar-refractivity contribution >= 4 is 29.0 Å². The van der Waals surface area contributed by atoms with Gasteiger partial charge in [0.05, 0.1) is 17.4 Å². The predicted octanol–water partition coefficient (Wildman–Crippen LogP) is 2.53. The van der Waals surface area contributed by atoms with Gasteiger partial charge in [-0.05, 0) is 31.5 Å². The standard InChI is InChI=1S/C17H19F3N8O.C2HF3O2/c1-27-9-12(14(25-27)17(18,19)20)24-15(29)13-5-4-11-8-22-16(26-28(11)13)23-10-3-2-6-21-7-10;3-2(4,5)1(6)7/h4-5,8-10,21H,2-3,6-7H2,1H3,(H,23,26)(H,24,29);(H,6,7)/t10-;/m1./s1. The number of carbonyl (C=O) groups excluding carboxylic acids is 1. The number of carbonyl (C=O) groups is 2. The number of halogens is 6. The Morgan fingerprint density at radius 1 is 1.17 bits per heavy atom. The fraction of sp³-hybridized carbons (Fsp3) is 0.421. The molecular weight excluding hydrogens is 502 g/mol. The Balaban J connectivity index is 0.000000454. The van der Waals surface area contributed by atoms with E-state index in [9.17, 15) is 31.1 Å². The van der Waals surface area contributed by atoms with E-state index in [1.54, 1.807) is 12.3 Å². The van der Waals surface area contributed by atoms with Crippen molar-refractivity contribution in [1.29, 1.82) is 0 Å². The Hall–Kier alpha value is -3.89. The predicted molar refractivity (Wildman–Crippen MR) is 112 cm³/mol. The number of hydrogen-bond donors (Lipinski definition) is 4. The Kier molecular flexibility index (Phi) is 7.71. The van der Waals surface area contributed by atoms with Gasteiger partial charge in [-0.15, -0.1) is 5.10 Å². The highest BCUT2D eigenvalue weighted by Gasteiger charge is 2.38. The van der Waals surface area contributed by atoms with Gasteiger partial charge >= 0.3 is 18.3 Å². The second kappa shape index (κ2) is 10.4. The van der Waals surface area contributed by atoms with Gasteiger partial charge in [-0.2, -0.15) is 31.4 Å². The van der Waals surface area contributed by atoms with Crippen molar-refractivity contribution in [3.8, 4) is 0 Å². The molecule has 0 spiro atoms. The Morgan fingerprint density at radius 3 is 2.44 bits per heavy atom. The lowest BCUT2D eigenvalue weighted by molar-refractivity contribution is -0.192. The first kappa shape index (κ1) is 26.7. The molecule has 17 heteroatoms. The molecular formula is C19H20F6N8O3. The number of carboxylic acids is 1. The number of aryl methyl sites for hydroxylation is 1. The first-order valence-electron chi connectivity index (χ1n) is 10.3. The maximum atomic E-state index is 13.1. The summed E-state index contributed by atoms with van der Waals surface area (Å²) in [6, 6.07) is 3.27. The number of amides is 1. The summed E-state index contributed by atoms with van der Waals surface area (Å²) in [5.74, 6) is -3.14. The average molecular weight is 522 g/mol. The highest BCUT2D eigenvalue weighted by atomic mass is 19.4. The topological polar surface area (TPSA) is 138 Å². The molecule has 4 N–H and O–H groups in total. The molecule has 0 bridgehead atoms. The number of aromatic nitrogens is 5. The Labute approximate surface area is 198 Å². The van der Waals surface area contributed by atoms with Crippen LogP contribution in [0, 0.1) is 0 Å². The van der Waals surface area contributed by atoms with Gasteiger partial charge in [0.15, 0.2) is 5.69 Å². The van der Waals surface area contributed by atoms with Crippen LogP contribution in [0.1, 0.15) is 29.0 Å². The molecule has 1 fully saturated rings. The van der Waals surface area contributed by atoms with Gasteiger partial charge in [0, 0.05) is 25.8 Å². The summed E-state index contributed by atoms with van der Waals surface area (Å²) in [5, 5.41) is 23.6. The number of rotatable bonds is 4. The number of piperidine rings is 1. The molecule has 3 aromatic rings. The van der Waals surface area contributed by atoms with Crippen LogP contribution in [0.4, 0.5) is 38.0 Å². The zero-order valence-corrected chi connectivity index (χ0v) is 18.5. The lowest BCUT2D eigenvalue weighted by Gasteiger charge is -2.23. The fourth-order valence-corrected chi connectivity index (χ4v) is 3.27. The monoisotopic (exact) mass is 522 g/mol. The summed E-state index contributed by atoms with van der Waals surface area (Å²) in [5.41, 5.74) is -0.939. The van der Waals surface area contributed by atoms with Gasteiger partial charge in [0.2, 0.25) is 5.95 Å². The largest absolute Gasteiger partial charge is 0.490 e. The van der Waals surface area contributed by atoms with E-state index in [1.807, 2.05) is 0 Å². The van der Waals surface area contributed by atoms with E-state index in [-0.39, 0.29) is 11.7 Å². The molecule has 0 aliphatic carbocycles. The second-order valence-corrected chi connectivity index (χ2v) is 7.64. The molecule has 1 saturated heterocycles. The summed E-state index contributed by atoms with van der Waals surface area (Å²) in [6.45, 7) is 1.75. The average Bonchev–Trinajstić information content (AvgIpc) is 3.37. The minimum Gasteiger partial charge on any atom is -0.475 e. The molecule has 0 radical (unpaired) electrons. The third-order valence-corrected chi connectivity index (χ3v) is 4.85. The van der Waals surface area contributed by atoms with E-state index < -0.39 is 35.6 Å². The Morgan fingerprint density at radius 2 is 1.86 bits per heavy atom. The SMILES string of the molecule is Cn1cc(NC(=O)c2ccc3cnc(N[C@@H]4CCCNC4)nn23)c(C(F)(F)F)n1.O=C(O)C(F)(F)F. The van der Waals surface area contributed by atoms with Gasteiger partial charge in [-0.25, -0.2) is 14.3 Å². The van der Waals surface area contributed by atoms with E-state index in [0.29, 0.717) is 11.5 Å². The van der Waals surface area contributed by atoms with Crippen LogP contribution >= 0.6 is 0 Å². The normalized spacial score (nSPS) is 16.2. The minimum absolute atomic E-state index is 0.0872. The van der Waals surface area contributed by atoms with Gasteiger partial charge in [-0.3, -0.25) is 9.48 Å². The van der Waals surface area contributed by atoms with Crippen molar-refractivity contribution in [2.24, 2.45) is 7.05 Å². The van der Waals surface area contributed by atoms with Gasteiger partial charge < -0.3 is 21.1 Å². The molecule has 0 aromatic carbocycles. The molecule has 1 aliphatic rings. The van der Waals surface area contributed by atoms with Crippen LogP contribution in [0.3, 0.4) is 0 Å². The summed E-state index contributed by atoms with van der Waals surface area (Å²) >= 11 is 0. The number of anilines is 2. The van der Waals surface area contributed by atoms with E-state index in [4.69, 9.17) is 9.90 Å². The third kappa shape index (κ3) is 6.61. The van der Waals surface area contributed by atoms with Crippen LogP contribution < -0.4 is 16.0 Å². The highest BCUT2D eigenvalue weighted by Crippen LogP contribution is 2.33. The number of alkyl halides is 6. The molecule has 0 unspecified atom stereocenters. The number of nitrogens with one attached hydrogen (secondary N) is 3. The van der Waals surface area contributed by atoms with Gasteiger partial charge in [-0.1, -0.05) is 0 Å². The molecule has 3 aromatic heterocycles. The molecule has 1 atom stereocenters. The molecule has 1 amide bonds. The molecule has 4 heterocycles. The number of fused-ring (bicyclic) bond motifs is 1. The smallest absolute Gasteiger partial charge is 0.475 e. The molecule has 196 valence electrons. The number of nitrogens with zero attached hydrogens (tertiary/aromatic N) is 5. The van der Waals surface area contributed by atoms with Crippen molar-refractivity contribution in [1.82, 2.24) is 29.7 Å².